The van der Waals surface area contributed by atoms with Gasteiger partial charge in [-0.3, -0.25) is 9.59 Å². The van der Waals surface area contributed by atoms with Crippen molar-refractivity contribution in [3.63, 3.8) is 0 Å². The van der Waals surface area contributed by atoms with Gasteiger partial charge in [-0.25, -0.2) is 4.79 Å². The van der Waals surface area contributed by atoms with Crippen molar-refractivity contribution in [1.29, 1.82) is 0 Å². The molecule has 31 heavy (non-hydrogen) atoms. The van der Waals surface area contributed by atoms with E-state index in [0.29, 0.717) is 36.6 Å². The first-order valence-electron chi connectivity index (χ1n) is 12.7. The summed E-state index contributed by atoms with van der Waals surface area (Å²) in [7, 11) is 0. The quantitative estimate of drug-likeness (QED) is 0.678. The minimum absolute atomic E-state index is 0.181. The lowest BCUT2D eigenvalue weighted by Crippen LogP contribution is -2.56. The van der Waals surface area contributed by atoms with Gasteiger partial charge in [-0.05, 0) is 87.9 Å². The molecule has 1 heterocycles. The Morgan fingerprint density at radius 2 is 1.58 bits per heavy atom. The van der Waals surface area contributed by atoms with Gasteiger partial charge in [0.1, 0.15) is 6.04 Å². The van der Waals surface area contributed by atoms with E-state index in [4.69, 9.17) is 4.74 Å². The summed E-state index contributed by atoms with van der Waals surface area (Å²) >= 11 is 0. The van der Waals surface area contributed by atoms with E-state index in [2.05, 4.69) is 12.2 Å². The molecular weight excluding hydrogens is 392 g/mol. The third-order valence-corrected chi connectivity index (χ3v) is 9.08. The monoisotopic (exact) mass is 430 g/mol. The van der Waals surface area contributed by atoms with Crippen LogP contribution in [0, 0.1) is 29.1 Å². The maximum atomic E-state index is 13.7. The molecule has 0 aromatic heterocycles. The van der Waals surface area contributed by atoms with Gasteiger partial charge in [0, 0.05) is 12.6 Å². The van der Waals surface area contributed by atoms with Gasteiger partial charge in [0.25, 0.3) is 5.91 Å². The fraction of sp³-hybridized carbons (Fsp3) is 0.880. The van der Waals surface area contributed by atoms with Crippen molar-refractivity contribution < 1.29 is 19.1 Å². The third kappa shape index (κ3) is 4.11. The number of hydrogen-bond acceptors (Lipinski definition) is 4. The Labute approximate surface area is 185 Å². The zero-order chi connectivity index (χ0) is 21.6. The first-order valence-corrected chi connectivity index (χ1v) is 12.7. The number of nitrogens with one attached hydrogen (secondary N) is 1. The minimum Gasteiger partial charge on any atom is -0.454 e. The topological polar surface area (TPSA) is 75.7 Å². The highest BCUT2D eigenvalue weighted by molar-refractivity contribution is 5.90. The molecule has 2 amide bonds. The summed E-state index contributed by atoms with van der Waals surface area (Å²) < 4.78 is 5.42. The predicted molar refractivity (Wildman–Crippen MR) is 116 cm³/mol. The van der Waals surface area contributed by atoms with Gasteiger partial charge in [0.2, 0.25) is 5.91 Å². The lowest BCUT2D eigenvalue weighted by Gasteiger charge is -2.56. The molecule has 0 radical (unpaired) electrons. The molecule has 0 aromatic rings. The van der Waals surface area contributed by atoms with Crippen LogP contribution >= 0.6 is 0 Å². The van der Waals surface area contributed by atoms with E-state index in [0.717, 1.165) is 44.9 Å². The minimum atomic E-state index is -0.512. The van der Waals surface area contributed by atoms with Crippen molar-refractivity contribution in [1.82, 2.24) is 10.2 Å². The van der Waals surface area contributed by atoms with Gasteiger partial charge >= 0.3 is 5.97 Å². The fourth-order valence-electron chi connectivity index (χ4n) is 7.94. The number of carbonyl (C=O) groups excluding carboxylic acids is 3. The molecule has 0 unspecified atom stereocenters. The number of hydrogen-bond donors (Lipinski definition) is 1. The first kappa shape index (κ1) is 21.3. The van der Waals surface area contributed by atoms with E-state index in [-0.39, 0.29) is 29.9 Å². The summed E-state index contributed by atoms with van der Waals surface area (Å²) in [6, 6.07) is -0.331. The molecule has 1 aliphatic heterocycles. The van der Waals surface area contributed by atoms with E-state index >= 15 is 0 Å². The molecule has 6 nitrogen and oxygen atoms in total. The molecule has 3 atom stereocenters. The van der Waals surface area contributed by atoms with Crippen LogP contribution in [0.25, 0.3) is 0 Å². The lowest BCUT2D eigenvalue weighted by atomic mass is 9.49. The lowest BCUT2D eigenvalue weighted by molar-refractivity contribution is -0.166. The molecule has 5 aliphatic carbocycles. The van der Waals surface area contributed by atoms with Gasteiger partial charge in [-0.2, -0.15) is 0 Å². The van der Waals surface area contributed by atoms with Crippen molar-refractivity contribution in [2.45, 2.75) is 96.1 Å². The Balaban J connectivity index is 1.17. The molecule has 0 spiro atoms. The van der Waals surface area contributed by atoms with Crippen LogP contribution in [-0.2, 0) is 19.1 Å². The Bertz CT molecular complexity index is 700. The second-order valence-corrected chi connectivity index (χ2v) is 11.4. The van der Waals surface area contributed by atoms with Gasteiger partial charge in [0.15, 0.2) is 6.61 Å². The zero-order valence-electron chi connectivity index (χ0n) is 18.9. The van der Waals surface area contributed by atoms with Crippen LogP contribution in [0.1, 0.15) is 84.0 Å². The van der Waals surface area contributed by atoms with Crippen LogP contribution in [0.15, 0.2) is 0 Å². The standard InChI is InChI=1S/C25H38N2O4/c1-16-5-2-3-6-20(16)26-22(28)15-31-23(29)21-7-4-8-27(21)24(30)25-12-17-9-18(13-25)11-19(10-17)14-25/h16-21H,2-15H2,1H3,(H,26,28)/t16-,17?,18?,19?,20-,21+,25?/m1/s1. The molecule has 6 heteroatoms. The van der Waals surface area contributed by atoms with Crippen LogP contribution in [0.2, 0.25) is 0 Å². The van der Waals surface area contributed by atoms with E-state index < -0.39 is 12.0 Å². The third-order valence-electron chi connectivity index (χ3n) is 9.08. The second-order valence-electron chi connectivity index (χ2n) is 11.4. The SMILES string of the molecule is C[C@@H]1CCCC[C@H]1NC(=O)COC(=O)[C@@H]1CCCN1C(=O)C12CC3CC(CC(C3)C1)C2. The molecule has 4 bridgehead atoms. The molecule has 172 valence electrons. The first-order chi connectivity index (χ1) is 14.9. The van der Waals surface area contributed by atoms with Gasteiger partial charge in [-0.1, -0.05) is 19.8 Å². The molecule has 6 rings (SSSR count). The zero-order valence-corrected chi connectivity index (χ0v) is 18.9. The van der Waals surface area contributed by atoms with Crippen molar-refractivity contribution in [3.05, 3.63) is 0 Å². The van der Waals surface area contributed by atoms with E-state index in [1.807, 2.05) is 4.90 Å². The molecular formula is C25H38N2O4. The van der Waals surface area contributed by atoms with Crippen LogP contribution in [-0.4, -0.2) is 47.9 Å². The maximum absolute atomic E-state index is 13.7. The van der Waals surface area contributed by atoms with Crippen molar-refractivity contribution >= 4 is 17.8 Å². The summed E-state index contributed by atoms with van der Waals surface area (Å²) in [4.78, 5) is 40.7. The number of likely N-dealkylation sites (tertiary alicyclic amines) is 1. The number of amides is 2. The summed E-state index contributed by atoms with van der Waals surface area (Å²) in [5.74, 6) is 2.16. The highest BCUT2D eigenvalue weighted by Gasteiger charge is 2.57. The average molecular weight is 431 g/mol. The molecule has 6 fully saturated rings. The molecule has 5 saturated carbocycles. The van der Waals surface area contributed by atoms with Crippen molar-refractivity contribution in [3.8, 4) is 0 Å². The number of esters is 1. The maximum Gasteiger partial charge on any atom is 0.329 e. The number of ether oxygens (including phenoxy) is 1. The summed E-state index contributed by atoms with van der Waals surface area (Å²) in [5, 5.41) is 3.04. The van der Waals surface area contributed by atoms with Crippen molar-refractivity contribution in [2.75, 3.05) is 13.2 Å². The van der Waals surface area contributed by atoms with E-state index in [1.165, 1.54) is 25.7 Å². The highest BCUT2D eigenvalue weighted by atomic mass is 16.5. The molecule has 1 N–H and O–H groups in total. The Hall–Kier alpha value is -1.59. The van der Waals surface area contributed by atoms with Crippen LogP contribution in [0.4, 0.5) is 0 Å². The van der Waals surface area contributed by atoms with E-state index in [9.17, 15) is 14.4 Å². The summed E-state index contributed by atoms with van der Waals surface area (Å²) in [5.41, 5.74) is -0.230. The average Bonchev–Trinajstić information content (AvgIpc) is 3.22. The molecule has 1 saturated heterocycles. The van der Waals surface area contributed by atoms with Gasteiger partial charge < -0.3 is 15.0 Å². The van der Waals surface area contributed by atoms with Crippen LogP contribution in [0.5, 0.6) is 0 Å². The number of rotatable bonds is 5. The molecule has 0 aromatic carbocycles. The highest BCUT2D eigenvalue weighted by Crippen LogP contribution is 2.60. The van der Waals surface area contributed by atoms with Gasteiger partial charge in [0.05, 0.1) is 5.41 Å². The largest absolute Gasteiger partial charge is 0.454 e. The molecule has 6 aliphatic rings. The Kier molecular flexibility index (Phi) is 5.76. The fourth-order valence-corrected chi connectivity index (χ4v) is 7.94. The van der Waals surface area contributed by atoms with E-state index in [1.54, 1.807) is 0 Å². The van der Waals surface area contributed by atoms with Crippen LogP contribution < -0.4 is 5.32 Å². The van der Waals surface area contributed by atoms with Crippen LogP contribution in [0.3, 0.4) is 0 Å². The summed E-state index contributed by atoms with van der Waals surface area (Å²) in [6.45, 7) is 2.58. The van der Waals surface area contributed by atoms with Gasteiger partial charge in [-0.15, -0.1) is 0 Å². The number of nitrogens with zero attached hydrogens (tertiary/aromatic N) is 1. The second kappa shape index (κ2) is 8.40. The van der Waals surface area contributed by atoms with Crippen molar-refractivity contribution in [2.24, 2.45) is 29.1 Å². The number of carbonyl (C=O) groups is 3. The normalized spacial score (nSPS) is 41.3. The smallest absolute Gasteiger partial charge is 0.329 e. The Morgan fingerprint density at radius 3 is 2.23 bits per heavy atom. The predicted octanol–water partition coefficient (Wildman–Crippen LogP) is 3.43. The summed E-state index contributed by atoms with van der Waals surface area (Å²) in [6.07, 6.45) is 12.9. The Morgan fingerprint density at radius 1 is 0.935 bits per heavy atom.